The molecule has 0 aliphatic rings. The zero-order chi connectivity index (χ0) is 14.8. The minimum atomic E-state index is 0.457. The first-order valence-corrected chi connectivity index (χ1v) is 7.70. The third kappa shape index (κ3) is 6.29. The van der Waals surface area contributed by atoms with Gasteiger partial charge in [0.05, 0.1) is 13.7 Å². The van der Waals surface area contributed by atoms with E-state index in [4.69, 9.17) is 9.47 Å². The molecule has 0 atom stereocenters. The maximum atomic E-state index is 5.92. The van der Waals surface area contributed by atoms with Gasteiger partial charge in [-0.2, -0.15) is 0 Å². The molecule has 0 spiro atoms. The van der Waals surface area contributed by atoms with Crippen LogP contribution in [0.1, 0.15) is 52.0 Å². The van der Waals surface area contributed by atoms with Gasteiger partial charge in [-0.1, -0.05) is 40.0 Å². The zero-order valence-electron chi connectivity index (χ0n) is 13.4. The van der Waals surface area contributed by atoms with Crippen molar-refractivity contribution in [1.29, 1.82) is 0 Å². The Bertz CT molecular complexity index is 377. The summed E-state index contributed by atoms with van der Waals surface area (Å²) < 4.78 is 11.2. The molecule has 0 heterocycles. The Labute approximate surface area is 123 Å². The lowest BCUT2D eigenvalue weighted by atomic mass is 10.1. The van der Waals surface area contributed by atoms with E-state index in [0.717, 1.165) is 36.6 Å². The first-order valence-electron chi connectivity index (χ1n) is 7.70. The first kappa shape index (κ1) is 16.8. The standard InChI is InChI=1S/C17H29NO2/c1-5-6-7-8-11-20-17-10-9-16(19-4)12-15(17)13-18-14(2)3/h9-10,12,14,18H,5-8,11,13H2,1-4H3. The number of unbranched alkanes of at least 4 members (excludes halogenated alkanes) is 3. The molecule has 0 unspecified atom stereocenters. The Kier molecular flexibility index (Phi) is 8.12. The Hall–Kier alpha value is -1.22. The van der Waals surface area contributed by atoms with Crippen molar-refractivity contribution in [1.82, 2.24) is 5.32 Å². The van der Waals surface area contributed by atoms with Crippen LogP contribution < -0.4 is 14.8 Å². The highest BCUT2D eigenvalue weighted by molar-refractivity contribution is 5.40. The molecule has 0 saturated carbocycles. The van der Waals surface area contributed by atoms with Gasteiger partial charge in [-0.3, -0.25) is 0 Å². The van der Waals surface area contributed by atoms with Crippen LogP contribution >= 0.6 is 0 Å². The van der Waals surface area contributed by atoms with Gasteiger partial charge in [0, 0.05) is 18.2 Å². The molecular formula is C17H29NO2. The molecule has 3 heteroatoms. The Balaban J connectivity index is 2.57. The molecule has 20 heavy (non-hydrogen) atoms. The Morgan fingerprint density at radius 2 is 1.95 bits per heavy atom. The van der Waals surface area contributed by atoms with Crippen molar-refractivity contribution in [2.75, 3.05) is 13.7 Å². The quantitative estimate of drug-likeness (QED) is 0.653. The van der Waals surface area contributed by atoms with E-state index in [1.165, 1.54) is 19.3 Å². The Morgan fingerprint density at radius 3 is 2.60 bits per heavy atom. The van der Waals surface area contributed by atoms with E-state index >= 15 is 0 Å². The van der Waals surface area contributed by atoms with Crippen LogP contribution in [0.3, 0.4) is 0 Å². The minimum absolute atomic E-state index is 0.457. The van der Waals surface area contributed by atoms with Crippen LogP contribution in [-0.2, 0) is 6.54 Å². The summed E-state index contributed by atoms with van der Waals surface area (Å²) in [6.45, 7) is 8.11. The van der Waals surface area contributed by atoms with Gasteiger partial charge in [-0.15, -0.1) is 0 Å². The Morgan fingerprint density at radius 1 is 1.15 bits per heavy atom. The van der Waals surface area contributed by atoms with Crippen molar-refractivity contribution in [2.45, 2.75) is 59.0 Å². The van der Waals surface area contributed by atoms with Crippen molar-refractivity contribution in [3.63, 3.8) is 0 Å². The molecule has 0 radical (unpaired) electrons. The van der Waals surface area contributed by atoms with Crippen LogP contribution in [0.4, 0.5) is 0 Å². The van der Waals surface area contributed by atoms with Crippen molar-refractivity contribution in [2.24, 2.45) is 0 Å². The predicted octanol–water partition coefficient (Wildman–Crippen LogP) is 4.15. The summed E-state index contributed by atoms with van der Waals surface area (Å²) in [5.74, 6) is 1.85. The predicted molar refractivity (Wildman–Crippen MR) is 84.6 cm³/mol. The van der Waals surface area contributed by atoms with Crippen LogP contribution in [0.15, 0.2) is 18.2 Å². The fourth-order valence-corrected chi connectivity index (χ4v) is 1.99. The first-order chi connectivity index (χ1) is 9.67. The lowest BCUT2D eigenvalue weighted by Crippen LogP contribution is -2.22. The number of hydrogen-bond acceptors (Lipinski definition) is 3. The fraction of sp³-hybridized carbons (Fsp3) is 0.647. The smallest absolute Gasteiger partial charge is 0.124 e. The summed E-state index contributed by atoms with van der Waals surface area (Å²) in [5, 5.41) is 3.43. The van der Waals surface area contributed by atoms with Crippen LogP contribution in [0, 0.1) is 0 Å². The summed E-state index contributed by atoms with van der Waals surface area (Å²) >= 11 is 0. The average molecular weight is 279 g/mol. The average Bonchev–Trinajstić information content (AvgIpc) is 2.45. The van der Waals surface area contributed by atoms with Crippen LogP contribution in [0.2, 0.25) is 0 Å². The summed E-state index contributed by atoms with van der Waals surface area (Å²) in [5.41, 5.74) is 1.16. The van der Waals surface area contributed by atoms with Crippen molar-refractivity contribution < 1.29 is 9.47 Å². The molecule has 3 nitrogen and oxygen atoms in total. The van der Waals surface area contributed by atoms with Crippen LogP contribution in [0.5, 0.6) is 11.5 Å². The van der Waals surface area contributed by atoms with Gasteiger partial charge < -0.3 is 14.8 Å². The number of methoxy groups -OCH3 is 1. The summed E-state index contributed by atoms with van der Waals surface area (Å²) in [6.07, 6.45) is 4.91. The molecule has 1 N–H and O–H groups in total. The number of ether oxygens (including phenoxy) is 2. The second-order valence-corrected chi connectivity index (χ2v) is 5.42. The molecule has 0 aliphatic heterocycles. The lowest BCUT2D eigenvalue weighted by molar-refractivity contribution is 0.300. The maximum Gasteiger partial charge on any atom is 0.124 e. The monoisotopic (exact) mass is 279 g/mol. The molecule has 0 aliphatic carbocycles. The highest BCUT2D eigenvalue weighted by Gasteiger charge is 2.06. The second kappa shape index (κ2) is 9.65. The van der Waals surface area contributed by atoms with Gasteiger partial charge in [-0.25, -0.2) is 0 Å². The van der Waals surface area contributed by atoms with Gasteiger partial charge in [0.2, 0.25) is 0 Å². The minimum Gasteiger partial charge on any atom is -0.497 e. The van der Waals surface area contributed by atoms with Crippen molar-refractivity contribution in [3.05, 3.63) is 23.8 Å². The van der Waals surface area contributed by atoms with E-state index in [0.29, 0.717) is 6.04 Å². The molecule has 1 aromatic carbocycles. The van der Waals surface area contributed by atoms with Gasteiger partial charge in [-0.05, 0) is 24.6 Å². The van der Waals surface area contributed by atoms with E-state index in [9.17, 15) is 0 Å². The normalized spacial score (nSPS) is 10.8. The van der Waals surface area contributed by atoms with Crippen LogP contribution in [-0.4, -0.2) is 19.8 Å². The van der Waals surface area contributed by atoms with Crippen LogP contribution in [0.25, 0.3) is 0 Å². The van der Waals surface area contributed by atoms with Gasteiger partial charge in [0.15, 0.2) is 0 Å². The van der Waals surface area contributed by atoms with Crippen molar-refractivity contribution in [3.8, 4) is 11.5 Å². The molecular weight excluding hydrogens is 250 g/mol. The second-order valence-electron chi connectivity index (χ2n) is 5.42. The molecule has 0 saturated heterocycles. The third-order valence-electron chi connectivity index (χ3n) is 3.22. The molecule has 0 fully saturated rings. The molecule has 114 valence electrons. The van der Waals surface area contributed by atoms with E-state index in [2.05, 4.69) is 32.2 Å². The fourth-order valence-electron chi connectivity index (χ4n) is 1.99. The van der Waals surface area contributed by atoms with E-state index in [-0.39, 0.29) is 0 Å². The summed E-state index contributed by atoms with van der Waals surface area (Å²) in [7, 11) is 1.69. The largest absolute Gasteiger partial charge is 0.497 e. The zero-order valence-corrected chi connectivity index (χ0v) is 13.4. The van der Waals surface area contributed by atoms with E-state index in [1.807, 2.05) is 12.1 Å². The van der Waals surface area contributed by atoms with E-state index < -0.39 is 0 Å². The van der Waals surface area contributed by atoms with Gasteiger partial charge in [0.1, 0.15) is 11.5 Å². The molecule has 1 aromatic rings. The summed E-state index contributed by atoms with van der Waals surface area (Å²) in [4.78, 5) is 0. The number of nitrogens with one attached hydrogen (secondary N) is 1. The number of benzene rings is 1. The summed E-state index contributed by atoms with van der Waals surface area (Å²) in [6, 6.07) is 6.48. The highest BCUT2D eigenvalue weighted by Crippen LogP contribution is 2.24. The highest BCUT2D eigenvalue weighted by atomic mass is 16.5. The van der Waals surface area contributed by atoms with Gasteiger partial charge in [0.25, 0.3) is 0 Å². The SMILES string of the molecule is CCCCCCOc1ccc(OC)cc1CNC(C)C. The number of hydrogen-bond donors (Lipinski definition) is 1. The van der Waals surface area contributed by atoms with Crippen molar-refractivity contribution >= 4 is 0 Å². The number of rotatable bonds is 10. The molecule has 0 bridgehead atoms. The molecule has 0 aromatic heterocycles. The maximum absolute atomic E-state index is 5.92. The molecule has 0 amide bonds. The van der Waals surface area contributed by atoms with Gasteiger partial charge >= 0.3 is 0 Å². The topological polar surface area (TPSA) is 30.5 Å². The molecule has 1 rings (SSSR count). The van der Waals surface area contributed by atoms with E-state index in [1.54, 1.807) is 7.11 Å². The third-order valence-corrected chi connectivity index (χ3v) is 3.22. The lowest BCUT2D eigenvalue weighted by Gasteiger charge is -2.15.